The molecule has 1 atom stereocenters. The van der Waals surface area contributed by atoms with E-state index in [0.29, 0.717) is 12.5 Å². The van der Waals surface area contributed by atoms with Gasteiger partial charge in [-0.25, -0.2) is 0 Å². The molecule has 5 heteroatoms. The van der Waals surface area contributed by atoms with Crippen molar-refractivity contribution in [2.45, 2.75) is 32.7 Å². The van der Waals surface area contributed by atoms with E-state index in [9.17, 15) is 9.59 Å². The zero-order valence-electron chi connectivity index (χ0n) is 15.9. The van der Waals surface area contributed by atoms with Crippen molar-refractivity contribution in [2.24, 2.45) is 11.8 Å². The predicted molar refractivity (Wildman–Crippen MR) is 100 cm³/mol. The monoisotopic (exact) mass is 345 g/mol. The Balaban J connectivity index is 1.85. The Kier molecular flexibility index (Phi) is 7.00. The maximum absolute atomic E-state index is 12.5. The summed E-state index contributed by atoms with van der Waals surface area (Å²) in [6.07, 6.45) is 1.66. The van der Waals surface area contributed by atoms with E-state index in [-0.39, 0.29) is 23.8 Å². The van der Waals surface area contributed by atoms with Gasteiger partial charge in [0.25, 0.3) is 0 Å². The Morgan fingerprint density at radius 3 is 2.28 bits per heavy atom. The van der Waals surface area contributed by atoms with Crippen LogP contribution in [0.2, 0.25) is 0 Å². The van der Waals surface area contributed by atoms with Crippen LogP contribution in [0.1, 0.15) is 38.3 Å². The maximum Gasteiger partial charge on any atom is 0.234 e. The molecule has 1 fully saturated rings. The van der Waals surface area contributed by atoms with Crippen LogP contribution in [-0.2, 0) is 9.59 Å². The molecular weight excluding hydrogens is 314 g/mol. The Morgan fingerprint density at radius 2 is 1.76 bits per heavy atom. The highest BCUT2D eigenvalue weighted by Gasteiger charge is 2.27. The molecule has 0 saturated carbocycles. The summed E-state index contributed by atoms with van der Waals surface area (Å²) in [5.41, 5.74) is 1.14. The molecule has 1 aliphatic rings. The van der Waals surface area contributed by atoms with Crippen molar-refractivity contribution in [3.05, 3.63) is 35.9 Å². The fraction of sp³-hybridized carbons (Fsp3) is 0.600. The highest BCUT2D eigenvalue weighted by molar-refractivity contribution is 5.79. The first-order valence-corrected chi connectivity index (χ1v) is 9.16. The van der Waals surface area contributed by atoms with Crippen LogP contribution in [0, 0.1) is 11.8 Å². The number of likely N-dealkylation sites (tertiary alicyclic amines) is 1. The minimum absolute atomic E-state index is 0.0292. The fourth-order valence-corrected chi connectivity index (χ4v) is 3.42. The number of nitrogens with one attached hydrogen (secondary N) is 1. The maximum atomic E-state index is 12.5. The van der Waals surface area contributed by atoms with Crippen LogP contribution < -0.4 is 5.32 Å². The molecule has 1 aromatic carbocycles. The minimum atomic E-state index is 0.0292. The van der Waals surface area contributed by atoms with Crippen molar-refractivity contribution < 1.29 is 9.59 Å². The first-order valence-electron chi connectivity index (χ1n) is 9.16. The zero-order chi connectivity index (χ0) is 18.4. The van der Waals surface area contributed by atoms with Crippen molar-refractivity contribution in [3.63, 3.8) is 0 Å². The summed E-state index contributed by atoms with van der Waals surface area (Å²) in [5, 5.41) is 3.18. The summed E-state index contributed by atoms with van der Waals surface area (Å²) >= 11 is 0. The molecule has 1 unspecified atom stereocenters. The molecule has 0 spiro atoms. The van der Waals surface area contributed by atoms with Crippen LogP contribution in [0.3, 0.4) is 0 Å². The second-order valence-corrected chi connectivity index (χ2v) is 7.48. The lowest BCUT2D eigenvalue weighted by molar-refractivity contribution is -0.134. The lowest BCUT2D eigenvalue weighted by Gasteiger charge is -2.32. The number of hydrogen-bond donors (Lipinski definition) is 1. The summed E-state index contributed by atoms with van der Waals surface area (Å²) in [7, 11) is 3.61. The molecule has 0 bridgehead atoms. The molecule has 5 nitrogen and oxygen atoms in total. The van der Waals surface area contributed by atoms with Crippen molar-refractivity contribution >= 4 is 11.8 Å². The van der Waals surface area contributed by atoms with E-state index in [1.807, 2.05) is 18.2 Å². The number of benzene rings is 1. The molecule has 2 rings (SSSR count). The van der Waals surface area contributed by atoms with Gasteiger partial charge in [0, 0.05) is 20.0 Å². The molecular formula is C20H31N3O2. The van der Waals surface area contributed by atoms with Crippen molar-refractivity contribution in [3.8, 4) is 0 Å². The molecule has 25 heavy (non-hydrogen) atoms. The van der Waals surface area contributed by atoms with E-state index in [1.165, 1.54) is 0 Å². The van der Waals surface area contributed by atoms with E-state index in [2.05, 4.69) is 36.2 Å². The quantitative estimate of drug-likeness (QED) is 0.861. The average molecular weight is 345 g/mol. The van der Waals surface area contributed by atoms with Gasteiger partial charge in [-0.1, -0.05) is 44.2 Å². The molecule has 138 valence electrons. The van der Waals surface area contributed by atoms with E-state index >= 15 is 0 Å². The van der Waals surface area contributed by atoms with Crippen LogP contribution in [-0.4, -0.2) is 55.3 Å². The van der Waals surface area contributed by atoms with Gasteiger partial charge < -0.3 is 10.2 Å². The van der Waals surface area contributed by atoms with Gasteiger partial charge in [0.15, 0.2) is 0 Å². The van der Waals surface area contributed by atoms with Gasteiger partial charge in [-0.05, 0) is 37.4 Å². The smallest absolute Gasteiger partial charge is 0.234 e. The van der Waals surface area contributed by atoms with Gasteiger partial charge in [0.1, 0.15) is 0 Å². The number of hydrogen-bond acceptors (Lipinski definition) is 3. The summed E-state index contributed by atoms with van der Waals surface area (Å²) in [4.78, 5) is 28.3. The fourth-order valence-electron chi connectivity index (χ4n) is 3.42. The highest BCUT2D eigenvalue weighted by atomic mass is 16.2. The SMILES string of the molecule is CC(C)C(NC(=O)CN1CCC(C(=O)N(C)C)CC1)c1ccccc1. The van der Waals surface area contributed by atoms with E-state index in [4.69, 9.17) is 0 Å². The number of piperidine rings is 1. The van der Waals surface area contributed by atoms with Crippen LogP contribution in [0.15, 0.2) is 30.3 Å². The van der Waals surface area contributed by atoms with Gasteiger partial charge >= 0.3 is 0 Å². The van der Waals surface area contributed by atoms with Crippen molar-refractivity contribution in [1.29, 1.82) is 0 Å². The molecule has 1 N–H and O–H groups in total. The lowest BCUT2D eigenvalue weighted by Crippen LogP contribution is -2.45. The van der Waals surface area contributed by atoms with Gasteiger partial charge in [0.05, 0.1) is 12.6 Å². The zero-order valence-corrected chi connectivity index (χ0v) is 15.9. The summed E-state index contributed by atoms with van der Waals surface area (Å²) in [6, 6.07) is 10.1. The largest absolute Gasteiger partial charge is 0.349 e. The van der Waals surface area contributed by atoms with Crippen LogP contribution in [0.5, 0.6) is 0 Å². The first-order chi connectivity index (χ1) is 11.9. The Hall–Kier alpha value is -1.88. The number of rotatable bonds is 6. The molecule has 1 heterocycles. The number of carbonyl (C=O) groups is 2. The van der Waals surface area contributed by atoms with Gasteiger partial charge in [-0.3, -0.25) is 14.5 Å². The highest BCUT2D eigenvalue weighted by Crippen LogP contribution is 2.22. The number of carbonyl (C=O) groups excluding carboxylic acids is 2. The topological polar surface area (TPSA) is 52.7 Å². The number of amides is 2. The van der Waals surface area contributed by atoms with Gasteiger partial charge in [-0.2, -0.15) is 0 Å². The Bertz CT molecular complexity index is 564. The lowest BCUT2D eigenvalue weighted by atomic mass is 9.95. The van der Waals surface area contributed by atoms with Gasteiger partial charge in [-0.15, -0.1) is 0 Å². The second-order valence-electron chi connectivity index (χ2n) is 7.48. The molecule has 0 aromatic heterocycles. The first kappa shape index (κ1) is 19.4. The van der Waals surface area contributed by atoms with E-state index in [1.54, 1.807) is 19.0 Å². The molecule has 2 amide bonds. The molecule has 1 aromatic rings. The third-order valence-corrected chi connectivity index (χ3v) is 4.89. The summed E-state index contributed by atoms with van der Waals surface area (Å²) < 4.78 is 0. The van der Waals surface area contributed by atoms with Crippen molar-refractivity contribution in [1.82, 2.24) is 15.1 Å². The van der Waals surface area contributed by atoms with Gasteiger partial charge in [0.2, 0.25) is 11.8 Å². The average Bonchev–Trinajstić information content (AvgIpc) is 2.60. The number of nitrogens with zero attached hydrogens (tertiary/aromatic N) is 2. The predicted octanol–water partition coefficient (Wildman–Crippen LogP) is 2.30. The second kappa shape index (κ2) is 8.99. The third-order valence-electron chi connectivity index (χ3n) is 4.89. The minimum Gasteiger partial charge on any atom is -0.349 e. The van der Waals surface area contributed by atoms with Crippen molar-refractivity contribution in [2.75, 3.05) is 33.7 Å². The van der Waals surface area contributed by atoms with E-state index in [0.717, 1.165) is 31.5 Å². The third kappa shape index (κ3) is 5.56. The molecule has 1 saturated heterocycles. The molecule has 1 aliphatic heterocycles. The molecule has 0 aliphatic carbocycles. The normalized spacial score (nSPS) is 17.3. The Labute approximate surface area is 151 Å². The Morgan fingerprint density at radius 1 is 1.16 bits per heavy atom. The summed E-state index contributed by atoms with van der Waals surface area (Å²) in [5.74, 6) is 0.685. The van der Waals surface area contributed by atoms with Crippen LogP contribution in [0.4, 0.5) is 0 Å². The van der Waals surface area contributed by atoms with Crippen LogP contribution in [0.25, 0.3) is 0 Å². The summed E-state index contributed by atoms with van der Waals surface area (Å²) in [6.45, 7) is 6.25. The van der Waals surface area contributed by atoms with Crippen LogP contribution >= 0.6 is 0 Å². The molecule has 0 radical (unpaired) electrons. The standard InChI is InChI=1S/C20H31N3O2/c1-15(2)19(16-8-6-5-7-9-16)21-18(24)14-23-12-10-17(11-13-23)20(25)22(3)4/h5-9,15,17,19H,10-14H2,1-4H3,(H,21,24). The van der Waals surface area contributed by atoms with E-state index < -0.39 is 0 Å².